The zero-order valence-corrected chi connectivity index (χ0v) is 15.9. The molecule has 0 radical (unpaired) electrons. The summed E-state index contributed by atoms with van der Waals surface area (Å²) in [5.41, 5.74) is 5.79. The van der Waals surface area contributed by atoms with Crippen LogP contribution in [0.4, 0.5) is 10.7 Å². The molecule has 0 spiro atoms. The monoisotopic (exact) mass is 365 g/mol. The van der Waals surface area contributed by atoms with E-state index in [1.165, 1.54) is 21.7 Å². The Bertz CT molecular complexity index is 893. The third-order valence-corrected chi connectivity index (χ3v) is 6.55. The molecule has 2 heterocycles. The van der Waals surface area contributed by atoms with Crippen LogP contribution in [0.5, 0.6) is 0 Å². The Labute approximate surface area is 158 Å². The van der Waals surface area contributed by atoms with Crippen molar-refractivity contribution in [2.24, 2.45) is 0 Å². The minimum atomic E-state index is 0.000610. The van der Waals surface area contributed by atoms with Gasteiger partial charge in [0, 0.05) is 30.1 Å². The van der Waals surface area contributed by atoms with Crippen LogP contribution in [0, 0.1) is 18.3 Å². The zero-order valence-electron chi connectivity index (χ0n) is 15.1. The maximum atomic E-state index is 12.5. The average molecular weight is 366 g/mol. The highest BCUT2D eigenvalue weighted by Gasteiger charge is 2.23. The van der Waals surface area contributed by atoms with Gasteiger partial charge in [-0.15, -0.1) is 11.3 Å². The van der Waals surface area contributed by atoms with Crippen LogP contribution >= 0.6 is 11.3 Å². The molecule has 1 aliphatic carbocycles. The summed E-state index contributed by atoms with van der Waals surface area (Å²) < 4.78 is 0. The molecule has 0 unspecified atom stereocenters. The molecule has 0 fully saturated rings. The summed E-state index contributed by atoms with van der Waals surface area (Å²) >= 11 is 1.59. The normalized spacial score (nSPS) is 15.3. The highest BCUT2D eigenvalue weighted by molar-refractivity contribution is 7.16. The maximum Gasteiger partial charge on any atom is 0.226 e. The predicted octanol–water partition coefficient (Wildman–Crippen LogP) is 4.20. The van der Waals surface area contributed by atoms with E-state index >= 15 is 0 Å². The Hall–Kier alpha value is -2.32. The van der Waals surface area contributed by atoms with E-state index in [1.54, 1.807) is 11.3 Å². The first-order valence-electron chi connectivity index (χ1n) is 9.34. The number of hydrogen-bond acceptors (Lipinski definition) is 4. The van der Waals surface area contributed by atoms with E-state index < -0.39 is 0 Å². The number of thiophene rings is 1. The van der Waals surface area contributed by atoms with Gasteiger partial charge in [-0.05, 0) is 56.2 Å². The van der Waals surface area contributed by atoms with Crippen LogP contribution in [0.25, 0.3) is 0 Å². The fourth-order valence-corrected chi connectivity index (χ4v) is 5.33. The summed E-state index contributed by atoms with van der Waals surface area (Å²) in [4.78, 5) is 16.1. The van der Waals surface area contributed by atoms with Crippen LogP contribution in [-0.2, 0) is 24.1 Å². The molecule has 4 nitrogen and oxygen atoms in total. The molecule has 1 aliphatic heterocycles. The molecule has 0 bridgehead atoms. The van der Waals surface area contributed by atoms with Crippen LogP contribution in [0.1, 0.15) is 46.4 Å². The maximum absolute atomic E-state index is 12.5. The molecule has 2 aromatic rings. The minimum Gasteiger partial charge on any atom is -0.371 e. The molecule has 1 N–H and O–H groups in total. The molecule has 1 aromatic heterocycles. The highest BCUT2D eigenvalue weighted by atomic mass is 32.1. The van der Waals surface area contributed by atoms with Crippen molar-refractivity contribution in [2.75, 3.05) is 23.3 Å². The van der Waals surface area contributed by atoms with Gasteiger partial charge in [0.2, 0.25) is 5.91 Å². The van der Waals surface area contributed by atoms with Crippen LogP contribution < -0.4 is 10.2 Å². The molecular weight excluding hydrogens is 342 g/mol. The Morgan fingerprint density at radius 1 is 1.31 bits per heavy atom. The van der Waals surface area contributed by atoms with Crippen molar-refractivity contribution in [2.45, 2.75) is 45.4 Å². The van der Waals surface area contributed by atoms with Gasteiger partial charge in [-0.3, -0.25) is 4.79 Å². The van der Waals surface area contributed by atoms with Crippen molar-refractivity contribution in [1.82, 2.24) is 0 Å². The largest absolute Gasteiger partial charge is 0.371 e. The summed E-state index contributed by atoms with van der Waals surface area (Å²) in [5, 5.41) is 13.2. The van der Waals surface area contributed by atoms with Crippen LogP contribution in [0.3, 0.4) is 0 Å². The summed E-state index contributed by atoms with van der Waals surface area (Å²) in [6.45, 7) is 3.84. The van der Waals surface area contributed by atoms with E-state index in [9.17, 15) is 10.1 Å². The summed E-state index contributed by atoms with van der Waals surface area (Å²) in [6, 6.07) is 8.87. The SMILES string of the molecule is Cc1ccc2c(c1)CCCN2CCC(=O)Nc1sc2c(c1C#N)CCC2. The number of nitrogens with one attached hydrogen (secondary N) is 1. The number of aryl methyl sites for hydroxylation is 3. The molecule has 26 heavy (non-hydrogen) atoms. The summed E-state index contributed by atoms with van der Waals surface area (Å²) in [5.74, 6) is 0.000610. The lowest BCUT2D eigenvalue weighted by molar-refractivity contribution is -0.116. The smallest absolute Gasteiger partial charge is 0.226 e. The summed E-state index contributed by atoms with van der Waals surface area (Å²) in [7, 11) is 0. The Morgan fingerprint density at radius 2 is 2.19 bits per heavy atom. The van der Waals surface area contributed by atoms with Gasteiger partial charge in [0.1, 0.15) is 11.1 Å². The van der Waals surface area contributed by atoms with E-state index in [-0.39, 0.29) is 5.91 Å². The molecular formula is C21H23N3OS. The number of nitrogens with zero attached hydrogens (tertiary/aromatic N) is 2. The fourth-order valence-electron chi connectivity index (χ4n) is 4.07. The number of rotatable bonds is 4. The van der Waals surface area contributed by atoms with Crippen LogP contribution in [0.15, 0.2) is 18.2 Å². The van der Waals surface area contributed by atoms with Crippen molar-refractivity contribution in [3.63, 3.8) is 0 Å². The quantitative estimate of drug-likeness (QED) is 0.883. The van der Waals surface area contributed by atoms with Gasteiger partial charge in [0.15, 0.2) is 0 Å². The first kappa shape index (κ1) is 17.1. The fraction of sp³-hybridized carbons (Fsp3) is 0.429. The second-order valence-corrected chi connectivity index (χ2v) is 8.30. The molecule has 0 saturated carbocycles. The lowest BCUT2D eigenvalue weighted by Crippen LogP contribution is -2.32. The molecule has 1 amide bonds. The molecule has 0 atom stereocenters. The van der Waals surface area contributed by atoms with Gasteiger partial charge < -0.3 is 10.2 Å². The number of carbonyl (C=O) groups excluding carboxylic acids is 1. The summed E-state index contributed by atoms with van der Waals surface area (Å²) in [6.07, 6.45) is 5.82. The van der Waals surface area contributed by atoms with Gasteiger partial charge in [-0.25, -0.2) is 0 Å². The molecule has 4 rings (SSSR count). The minimum absolute atomic E-state index is 0.000610. The molecule has 0 saturated heterocycles. The van der Waals surface area contributed by atoms with Gasteiger partial charge >= 0.3 is 0 Å². The van der Waals surface area contributed by atoms with Gasteiger partial charge in [0.25, 0.3) is 0 Å². The Balaban J connectivity index is 1.41. The third-order valence-electron chi connectivity index (χ3n) is 5.34. The highest BCUT2D eigenvalue weighted by Crippen LogP contribution is 2.38. The van der Waals surface area contributed by atoms with Crippen molar-refractivity contribution >= 4 is 27.9 Å². The first-order chi connectivity index (χ1) is 12.7. The van der Waals surface area contributed by atoms with Gasteiger partial charge in [-0.1, -0.05) is 17.7 Å². The number of hydrogen-bond donors (Lipinski definition) is 1. The zero-order chi connectivity index (χ0) is 18.1. The third kappa shape index (κ3) is 3.22. The van der Waals surface area contributed by atoms with Gasteiger partial charge in [0.05, 0.1) is 5.56 Å². The van der Waals surface area contributed by atoms with Crippen molar-refractivity contribution in [3.8, 4) is 6.07 Å². The lowest BCUT2D eigenvalue weighted by Gasteiger charge is -2.31. The molecule has 5 heteroatoms. The van der Waals surface area contributed by atoms with E-state index in [1.807, 2.05) is 0 Å². The van der Waals surface area contributed by atoms with E-state index in [2.05, 4.69) is 41.4 Å². The number of benzene rings is 1. The van der Waals surface area contributed by atoms with Gasteiger partial charge in [-0.2, -0.15) is 5.26 Å². The van der Waals surface area contributed by atoms with Crippen LogP contribution in [0.2, 0.25) is 0 Å². The van der Waals surface area contributed by atoms with E-state index in [0.29, 0.717) is 12.0 Å². The van der Waals surface area contributed by atoms with Crippen LogP contribution in [-0.4, -0.2) is 19.0 Å². The van der Waals surface area contributed by atoms with E-state index in [0.717, 1.165) is 55.8 Å². The number of carbonyl (C=O) groups is 1. The lowest BCUT2D eigenvalue weighted by atomic mass is 9.99. The second kappa shape index (κ2) is 7.13. The number of amides is 1. The Morgan fingerprint density at radius 3 is 3.04 bits per heavy atom. The average Bonchev–Trinajstić information content (AvgIpc) is 3.20. The van der Waals surface area contributed by atoms with E-state index in [4.69, 9.17) is 0 Å². The topological polar surface area (TPSA) is 56.1 Å². The molecule has 134 valence electrons. The number of nitriles is 1. The standard InChI is InChI=1S/C21H23N3OS/c1-14-7-8-18-15(12-14)4-3-10-24(18)11-9-20(25)23-21-17(13-22)16-5-2-6-19(16)26-21/h7-8,12H,2-6,9-11H2,1H3,(H,23,25). The number of fused-ring (bicyclic) bond motifs is 2. The Kier molecular flexibility index (Phi) is 4.69. The molecule has 1 aromatic carbocycles. The van der Waals surface area contributed by atoms with Crippen molar-refractivity contribution in [3.05, 3.63) is 45.3 Å². The number of anilines is 2. The van der Waals surface area contributed by atoms with Crippen molar-refractivity contribution in [1.29, 1.82) is 5.26 Å². The molecule has 2 aliphatic rings. The first-order valence-corrected chi connectivity index (χ1v) is 10.2. The second-order valence-electron chi connectivity index (χ2n) is 7.19. The van der Waals surface area contributed by atoms with Crippen molar-refractivity contribution < 1.29 is 4.79 Å². The predicted molar refractivity (Wildman–Crippen MR) is 106 cm³/mol.